The van der Waals surface area contributed by atoms with E-state index in [-0.39, 0.29) is 18.0 Å². The summed E-state index contributed by atoms with van der Waals surface area (Å²) in [4.78, 5) is 4.31. The Morgan fingerprint density at radius 1 is 1.44 bits per heavy atom. The van der Waals surface area contributed by atoms with Crippen LogP contribution in [0.25, 0.3) is 11.1 Å². The summed E-state index contributed by atoms with van der Waals surface area (Å²) >= 11 is 0. The zero-order chi connectivity index (χ0) is 13.3. The zero-order valence-corrected chi connectivity index (χ0v) is 11.1. The third kappa shape index (κ3) is 2.24. The SMILES string of the molecule is Cc1nc2cc(S(=O)(=O)N(C)CCN)ccc2o1. The normalized spacial score (nSPS) is 12.4. The Kier molecular flexibility index (Phi) is 3.38. The first-order valence-corrected chi connectivity index (χ1v) is 6.93. The van der Waals surface area contributed by atoms with Gasteiger partial charge in [0.05, 0.1) is 4.90 Å². The summed E-state index contributed by atoms with van der Waals surface area (Å²) in [6.07, 6.45) is 0. The Hall–Kier alpha value is -1.44. The molecule has 0 amide bonds. The highest BCUT2D eigenvalue weighted by molar-refractivity contribution is 7.89. The summed E-state index contributed by atoms with van der Waals surface area (Å²) in [6.45, 7) is 2.27. The van der Waals surface area contributed by atoms with Crippen molar-refractivity contribution >= 4 is 21.1 Å². The molecule has 2 N–H and O–H groups in total. The number of aryl methyl sites for hydroxylation is 1. The van der Waals surface area contributed by atoms with Gasteiger partial charge < -0.3 is 10.2 Å². The molecule has 0 aliphatic rings. The molecule has 0 saturated carbocycles. The van der Waals surface area contributed by atoms with Crippen LogP contribution in [0.15, 0.2) is 27.5 Å². The van der Waals surface area contributed by atoms with Crippen LogP contribution in [-0.4, -0.2) is 37.8 Å². The minimum absolute atomic E-state index is 0.194. The van der Waals surface area contributed by atoms with Gasteiger partial charge in [0.2, 0.25) is 10.0 Å². The second kappa shape index (κ2) is 4.68. The molecular formula is C11H15N3O3S. The molecule has 1 heterocycles. The third-order valence-electron chi connectivity index (χ3n) is 2.62. The molecule has 0 unspecified atom stereocenters. The van der Waals surface area contributed by atoms with Crippen molar-refractivity contribution in [1.29, 1.82) is 0 Å². The Bertz CT molecular complexity index is 663. The van der Waals surface area contributed by atoms with E-state index in [0.717, 1.165) is 0 Å². The van der Waals surface area contributed by atoms with Crippen molar-refractivity contribution in [3.05, 3.63) is 24.1 Å². The number of nitrogens with zero attached hydrogens (tertiary/aromatic N) is 2. The van der Waals surface area contributed by atoms with Gasteiger partial charge in [0.25, 0.3) is 0 Å². The first-order valence-electron chi connectivity index (χ1n) is 5.49. The van der Waals surface area contributed by atoms with Gasteiger partial charge in [0, 0.05) is 27.1 Å². The van der Waals surface area contributed by atoms with Gasteiger partial charge in [0.15, 0.2) is 11.5 Å². The van der Waals surface area contributed by atoms with Crippen molar-refractivity contribution in [2.75, 3.05) is 20.1 Å². The van der Waals surface area contributed by atoms with Gasteiger partial charge in [-0.3, -0.25) is 0 Å². The maximum Gasteiger partial charge on any atom is 0.242 e. The molecule has 0 bridgehead atoms. The number of hydrogen-bond acceptors (Lipinski definition) is 5. The Morgan fingerprint density at radius 3 is 2.83 bits per heavy atom. The van der Waals surface area contributed by atoms with E-state index in [0.29, 0.717) is 17.0 Å². The van der Waals surface area contributed by atoms with Crippen molar-refractivity contribution in [3.8, 4) is 0 Å². The van der Waals surface area contributed by atoms with Gasteiger partial charge in [-0.05, 0) is 18.2 Å². The number of likely N-dealkylation sites (N-methyl/N-ethyl adjacent to an activating group) is 1. The third-order valence-corrected chi connectivity index (χ3v) is 4.47. The van der Waals surface area contributed by atoms with E-state index in [1.165, 1.54) is 23.5 Å². The van der Waals surface area contributed by atoms with E-state index in [1.807, 2.05) is 0 Å². The van der Waals surface area contributed by atoms with Crippen LogP contribution in [0.3, 0.4) is 0 Å². The van der Waals surface area contributed by atoms with Crippen molar-refractivity contribution in [3.63, 3.8) is 0 Å². The second-order valence-corrected chi connectivity index (χ2v) is 6.02. The summed E-state index contributed by atoms with van der Waals surface area (Å²) < 4.78 is 30.9. The van der Waals surface area contributed by atoms with E-state index in [4.69, 9.17) is 10.2 Å². The second-order valence-electron chi connectivity index (χ2n) is 3.98. The maximum absolute atomic E-state index is 12.2. The molecule has 0 atom stereocenters. The van der Waals surface area contributed by atoms with Crippen LogP contribution in [0.5, 0.6) is 0 Å². The molecule has 2 rings (SSSR count). The molecule has 0 spiro atoms. The van der Waals surface area contributed by atoms with Crippen LogP contribution in [0.2, 0.25) is 0 Å². The van der Waals surface area contributed by atoms with Crippen LogP contribution < -0.4 is 5.73 Å². The van der Waals surface area contributed by atoms with Gasteiger partial charge in [-0.1, -0.05) is 0 Å². The van der Waals surface area contributed by atoms with E-state index in [9.17, 15) is 8.42 Å². The lowest BCUT2D eigenvalue weighted by Crippen LogP contribution is -2.31. The fourth-order valence-electron chi connectivity index (χ4n) is 1.66. The number of sulfonamides is 1. The Labute approximate surface area is 105 Å². The summed E-state index contributed by atoms with van der Waals surface area (Å²) in [5, 5.41) is 0. The standard InChI is InChI=1S/C11H15N3O3S/c1-8-13-10-7-9(3-4-11(10)17-8)18(15,16)14(2)6-5-12/h3-4,7H,5-6,12H2,1-2H3. The van der Waals surface area contributed by atoms with Gasteiger partial charge in [-0.15, -0.1) is 0 Å². The molecule has 0 fully saturated rings. The van der Waals surface area contributed by atoms with Crippen molar-refractivity contribution in [2.24, 2.45) is 5.73 Å². The lowest BCUT2D eigenvalue weighted by molar-refractivity contribution is 0.477. The summed E-state index contributed by atoms with van der Waals surface area (Å²) in [5.41, 5.74) is 6.48. The van der Waals surface area contributed by atoms with Crippen LogP contribution in [0.4, 0.5) is 0 Å². The summed E-state index contributed by atoms with van der Waals surface area (Å²) in [7, 11) is -2.01. The predicted molar refractivity (Wildman–Crippen MR) is 67.6 cm³/mol. The topological polar surface area (TPSA) is 89.4 Å². The summed E-state index contributed by atoms with van der Waals surface area (Å²) in [6, 6.07) is 4.63. The highest BCUT2D eigenvalue weighted by Crippen LogP contribution is 2.21. The average molecular weight is 269 g/mol. The molecule has 7 heteroatoms. The first kappa shape index (κ1) is 13.0. The van der Waals surface area contributed by atoms with Gasteiger partial charge in [0.1, 0.15) is 5.52 Å². The molecule has 0 saturated heterocycles. The fraction of sp³-hybridized carbons (Fsp3) is 0.364. The van der Waals surface area contributed by atoms with Gasteiger partial charge in [-0.25, -0.2) is 13.4 Å². The highest BCUT2D eigenvalue weighted by Gasteiger charge is 2.21. The van der Waals surface area contributed by atoms with E-state index < -0.39 is 10.0 Å². The molecule has 2 aromatic rings. The van der Waals surface area contributed by atoms with E-state index >= 15 is 0 Å². The lowest BCUT2D eigenvalue weighted by atomic mass is 10.3. The lowest BCUT2D eigenvalue weighted by Gasteiger charge is -2.15. The number of fused-ring (bicyclic) bond motifs is 1. The maximum atomic E-state index is 12.2. The molecule has 0 aliphatic carbocycles. The molecule has 6 nitrogen and oxygen atoms in total. The zero-order valence-electron chi connectivity index (χ0n) is 10.3. The smallest absolute Gasteiger partial charge is 0.242 e. The average Bonchev–Trinajstić information content (AvgIpc) is 2.68. The first-order chi connectivity index (χ1) is 8.45. The van der Waals surface area contributed by atoms with Gasteiger partial charge in [-0.2, -0.15) is 4.31 Å². The van der Waals surface area contributed by atoms with Crippen molar-refractivity contribution < 1.29 is 12.8 Å². The molecule has 0 radical (unpaired) electrons. The molecule has 1 aromatic carbocycles. The monoisotopic (exact) mass is 269 g/mol. The largest absolute Gasteiger partial charge is 0.441 e. The number of aromatic nitrogens is 1. The van der Waals surface area contributed by atoms with Crippen LogP contribution in [0.1, 0.15) is 5.89 Å². The van der Waals surface area contributed by atoms with E-state index in [1.54, 1.807) is 13.0 Å². The number of nitrogens with two attached hydrogens (primary N) is 1. The Balaban J connectivity index is 2.47. The van der Waals surface area contributed by atoms with Crippen molar-refractivity contribution in [1.82, 2.24) is 9.29 Å². The van der Waals surface area contributed by atoms with Crippen LogP contribution in [-0.2, 0) is 10.0 Å². The molecule has 1 aromatic heterocycles. The number of rotatable bonds is 4. The van der Waals surface area contributed by atoms with Crippen LogP contribution >= 0.6 is 0 Å². The fourth-order valence-corrected chi connectivity index (χ4v) is 2.87. The Morgan fingerprint density at radius 2 is 2.17 bits per heavy atom. The van der Waals surface area contributed by atoms with E-state index in [2.05, 4.69) is 4.98 Å². The molecule has 98 valence electrons. The molecule has 18 heavy (non-hydrogen) atoms. The molecular weight excluding hydrogens is 254 g/mol. The number of oxazole rings is 1. The number of benzene rings is 1. The summed E-state index contributed by atoms with van der Waals surface area (Å²) in [5.74, 6) is 0.509. The highest BCUT2D eigenvalue weighted by atomic mass is 32.2. The van der Waals surface area contributed by atoms with Crippen molar-refractivity contribution in [2.45, 2.75) is 11.8 Å². The minimum atomic E-state index is -3.51. The number of hydrogen-bond donors (Lipinski definition) is 1. The van der Waals surface area contributed by atoms with Crippen LogP contribution in [0, 0.1) is 6.92 Å². The van der Waals surface area contributed by atoms with Gasteiger partial charge >= 0.3 is 0 Å². The molecule has 0 aliphatic heterocycles. The minimum Gasteiger partial charge on any atom is -0.441 e. The quantitative estimate of drug-likeness (QED) is 0.883. The predicted octanol–water partition coefficient (Wildman–Crippen LogP) is 0.715.